The van der Waals surface area contributed by atoms with Crippen molar-refractivity contribution in [2.24, 2.45) is 0 Å². The Morgan fingerprint density at radius 2 is 1.89 bits per heavy atom. The summed E-state index contributed by atoms with van der Waals surface area (Å²) in [5, 5.41) is 2.89. The van der Waals surface area contributed by atoms with Crippen LogP contribution in [-0.4, -0.2) is 83.9 Å². The molecule has 0 spiro atoms. The third-order valence-corrected chi connectivity index (χ3v) is 4.50. The van der Waals surface area contributed by atoms with Crippen molar-refractivity contribution in [3.8, 4) is 0 Å². The smallest absolute Gasteiger partial charge is 0.348 e. The number of ether oxygens (including phenoxy) is 1. The van der Waals surface area contributed by atoms with Crippen LogP contribution >= 0.6 is 0 Å². The Kier molecular flexibility index (Phi) is 4.89. The molecule has 1 aromatic rings. The molecule has 27 heavy (non-hydrogen) atoms. The van der Waals surface area contributed by atoms with E-state index in [1.165, 1.54) is 35.0 Å². The number of hydrogen-bond donors (Lipinski definition) is 1. The Labute approximate surface area is 154 Å². The summed E-state index contributed by atoms with van der Waals surface area (Å²) >= 11 is 0. The van der Waals surface area contributed by atoms with Gasteiger partial charge >= 0.3 is 12.0 Å². The minimum absolute atomic E-state index is 0.225. The van der Waals surface area contributed by atoms with Crippen molar-refractivity contribution in [3.05, 3.63) is 35.6 Å². The van der Waals surface area contributed by atoms with Gasteiger partial charge in [0.15, 0.2) is 18.9 Å². The first-order chi connectivity index (χ1) is 12.8. The first-order valence-corrected chi connectivity index (χ1v) is 8.13. The van der Waals surface area contributed by atoms with E-state index in [9.17, 15) is 23.6 Å². The van der Waals surface area contributed by atoms with Gasteiger partial charge in [0.05, 0.1) is 0 Å². The van der Waals surface area contributed by atoms with Gasteiger partial charge in [-0.3, -0.25) is 24.7 Å². The zero-order chi connectivity index (χ0) is 19.7. The maximum absolute atomic E-state index is 12.9. The van der Waals surface area contributed by atoms with Crippen LogP contribution in [0.1, 0.15) is 10.4 Å². The molecule has 1 aromatic carbocycles. The number of nitrogens with one attached hydrogen (secondary N) is 1. The second-order valence-electron chi connectivity index (χ2n) is 6.24. The van der Waals surface area contributed by atoms with Crippen molar-refractivity contribution in [1.82, 2.24) is 15.1 Å². The summed E-state index contributed by atoms with van der Waals surface area (Å²) in [5.41, 5.74) is 0.225. The molecule has 2 aliphatic heterocycles. The minimum atomic E-state index is -0.766. The number of halogens is 1. The lowest BCUT2D eigenvalue weighted by Crippen LogP contribution is -2.65. The van der Waals surface area contributed by atoms with Crippen LogP contribution in [0.15, 0.2) is 24.3 Å². The Hall–Kier alpha value is -3.30. The molecule has 1 fully saturated rings. The highest BCUT2D eigenvalue weighted by molar-refractivity contribution is 6.00. The summed E-state index contributed by atoms with van der Waals surface area (Å²) < 4.78 is 19.3. The van der Waals surface area contributed by atoms with Gasteiger partial charge in [0.1, 0.15) is 5.82 Å². The van der Waals surface area contributed by atoms with Crippen LogP contribution in [-0.2, 0) is 14.3 Å². The fraction of sp³-hybridized carbons (Fsp3) is 0.353. The van der Waals surface area contributed by atoms with Crippen molar-refractivity contribution in [2.75, 3.05) is 27.2 Å². The maximum Gasteiger partial charge on any atom is 0.348 e. The number of likely N-dealkylation sites (N-methyl/N-ethyl adjacent to an activating group) is 2. The minimum Gasteiger partial charge on any atom is -0.454 e. The monoisotopic (exact) mass is 377 g/mol. The number of rotatable bonds is 5. The second kappa shape index (κ2) is 7.14. The second-order valence-corrected chi connectivity index (χ2v) is 6.24. The van der Waals surface area contributed by atoms with Gasteiger partial charge in [-0.2, -0.15) is 0 Å². The number of ketones is 1. The lowest BCUT2D eigenvalue weighted by atomic mass is 10.1. The largest absolute Gasteiger partial charge is 0.454 e. The number of carbonyl (C=O) groups excluding carboxylic acids is 4. The average Bonchev–Trinajstić information content (AvgIpc) is 3.07. The van der Waals surface area contributed by atoms with Gasteiger partial charge in [-0.05, 0) is 24.3 Å². The summed E-state index contributed by atoms with van der Waals surface area (Å²) in [6.45, 7) is -0.765. The van der Waals surface area contributed by atoms with Gasteiger partial charge < -0.3 is 4.74 Å². The van der Waals surface area contributed by atoms with Crippen LogP contribution in [0.5, 0.6) is 0 Å². The standard InChI is InChI=1S/C17H17FN4O5/c1-20-15-14(16(25)21(2)17(20)26)22(9-19-15)7-13(24)27-8-12(23)10-3-5-11(18)6-4-10/h3-6,9,14-15H,7-8H2,1-2H3/p+1/t14-,15+/m0/s1. The number of imide groups is 1. The van der Waals surface area contributed by atoms with Crippen molar-refractivity contribution in [1.29, 1.82) is 0 Å². The number of urea groups is 1. The first kappa shape index (κ1) is 18.5. The molecule has 2 heterocycles. The van der Waals surface area contributed by atoms with E-state index in [1.54, 1.807) is 7.05 Å². The molecule has 142 valence electrons. The van der Waals surface area contributed by atoms with Gasteiger partial charge in [-0.25, -0.2) is 18.6 Å². The number of benzene rings is 1. The first-order valence-electron chi connectivity index (χ1n) is 8.13. The molecular formula is C17H18FN4O5+. The van der Waals surface area contributed by atoms with E-state index >= 15 is 0 Å². The third kappa shape index (κ3) is 3.50. The molecular weight excluding hydrogens is 359 g/mol. The van der Waals surface area contributed by atoms with E-state index in [0.717, 1.165) is 17.0 Å². The van der Waals surface area contributed by atoms with Crippen LogP contribution in [0.2, 0.25) is 0 Å². The summed E-state index contributed by atoms with van der Waals surface area (Å²) in [6, 6.07) is 3.68. The molecule has 2 atom stereocenters. The highest BCUT2D eigenvalue weighted by Crippen LogP contribution is 2.18. The number of Topliss-reactive ketones (excluding diaryl/α,β-unsaturated/α-hetero) is 1. The molecule has 1 saturated heterocycles. The Morgan fingerprint density at radius 1 is 1.22 bits per heavy atom. The molecule has 0 bridgehead atoms. The van der Waals surface area contributed by atoms with Crippen LogP contribution in [0, 0.1) is 5.82 Å². The van der Waals surface area contributed by atoms with E-state index in [2.05, 4.69) is 5.32 Å². The van der Waals surface area contributed by atoms with Gasteiger partial charge in [-0.1, -0.05) is 0 Å². The number of esters is 1. The fourth-order valence-corrected chi connectivity index (χ4v) is 2.98. The quantitative estimate of drug-likeness (QED) is 0.419. The number of carbonyl (C=O) groups is 4. The SMILES string of the molecule is CN1C(=O)[C@@H]2[C@H](NC=[N+]2CC(=O)OCC(=O)c2ccc(F)cc2)N(C)C1=O. The predicted octanol–water partition coefficient (Wildman–Crippen LogP) is -0.586. The van der Waals surface area contributed by atoms with Crippen LogP contribution in [0.25, 0.3) is 0 Å². The Bertz CT molecular complexity index is 838. The van der Waals surface area contributed by atoms with Crippen molar-refractivity contribution >= 4 is 30.0 Å². The van der Waals surface area contributed by atoms with Gasteiger partial charge in [-0.15, -0.1) is 0 Å². The lowest BCUT2D eigenvalue weighted by Gasteiger charge is -2.35. The zero-order valence-corrected chi connectivity index (χ0v) is 14.7. The molecule has 2 aliphatic rings. The molecule has 0 unspecified atom stereocenters. The average molecular weight is 377 g/mol. The molecule has 9 nitrogen and oxygen atoms in total. The number of fused-ring (bicyclic) bond motifs is 1. The van der Waals surface area contributed by atoms with E-state index in [4.69, 9.17) is 4.74 Å². The van der Waals surface area contributed by atoms with Crippen LogP contribution in [0.3, 0.4) is 0 Å². The lowest BCUT2D eigenvalue weighted by molar-refractivity contribution is -0.537. The molecule has 3 amide bonds. The number of nitrogens with zero attached hydrogens (tertiary/aromatic N) is 3. The predicted molar refractivity (Wildman–Crippen MR) is 89.5 cm³/mol. The van der Waals surface area contributed by atoms with Gasteiger partial charge in [0, 0.05) is 19.7 Å². The van der Waals surface area contributed by atoms with E-state index in [0.29, 0.717) is 0 Å². The van der Waals surface area contributed by atoms with Crippen LogP contribution < -0.4 is 5.32 Å². The topological polar surface area (TPSA) is 99.0 Å². The highest BCUT2D eigenvalue weighted by atomic mass is 19.1. The van der Waals surface area contributed by atoms with Crippen molar-refractivity contribution in [2.45, 2.75) is 12.2 Å². The molecule has 10 heteroatoms. The van der Waals surface area contributed by atoms with Gasteiger partial charge in [0.2, 0.25) is 18.5 Å². The summed E-state index contributed by atoms with van der Waals surface area (Å²) in [7, 11) is 2.92. The molecule has 3 rings (SSSR count). The Morgan fingerprint density at radius 3 is 2.56 bits per heavy atom. The normalized spacial score (nSPS) is 21.5. The summed E-state index contributed by atoms with van der Waals surface area (Å²) in [5.74, 6) is -2.09. The van der Waals surface area contributed by atoms with Crippen molar-refractivity contribution in [3.63, 3.8) is 0 Å². The fourth-order valence-electron chi connectivity index (χ4n) is 2.98. The number of hydrogen-bond acceptors (Lipinski definition) is 6. The van der Waals surface area contributed by atoms with E-state index < -0.39 is 48.3 Å². The van der Waals surface area contributed by atoms with Crippen LogP contribution in [0.4, 0.5) is 9.18 Å². The van der Waals surface area contributed by atoms with Gasteiger partial charge in [0.25, 0.3) is 5.91 Å². The summed E-state index contributed by atoms with van der Waals surface area (Å²) in [6.07, 6.45) is 0.856. The zero-order valence-electron chi connectivity index (χ0n) is 14.7. The number of amides is 3. The Balaban J connectivity index is 1.58. The highest BCUT2D eigenvalue weighted by Gasteiger charge is 2.52. The van der Waals surface area contributed by atoms with E-state index in [-0.39, 0.29) is 12.1 Å². The van der Waals surface area contributed by atoms with E-state index in [1.807, 2.05) is 0 Å². The third-order valence-electron chi connectivity index (χ3n) is 4.50. The summed E-state index contributed by atoms with van der Waals surface area (Å²) in [4.78, 5) is 50.7. The molecule has 1 N–H and O–H groups in total. The molecule has 0 aromatic heterocycles. The molecule has 0 saturated carbocycles. The molecule has 0 aliphatic carbocycles. The van der Waals surface area contributed by atoms with Crippen molar-refractivity contribution < 1.29 is 32.9 Å². The maximum atomic E-state index is 12.9. The molecule has 0 radical (unpaired) electrons.